The Balaban J connectivity index is 0.00000144. The van der Waals surface area contributed by atoms with Crippen molar-refractivity contribution >= 4 is 22.7 Å². The van der Waals surface area contributed by atoms with E-state index in [-0.39, 0.29) is 24.2 Å². The summed E-state index contributed by atoms with van der Waals surface area (Å²) in [5.41, 5.74) is 0. The third kappa shape index (κ3) is 3.93. The monoisotopic (exact) mass is 273 g/mol. The van der Waals surface area contributed by atoms with Crippen molar-refractivity contribution in [3.05, 3.63) is 0 Å². The number of carbonyl (C=O) groups excluding carboxylic acids is 2. The van der Waals surface area contributed by atoms with Gasteiger partial charge in [0.1, 0.15) is 11.5 Å². The molecular weight excluding hydrogens is 258 g/mol. The van der Waals surface area contributed by atoms with Crippen molar-refractivity contribution in [2.75, 3.05) is 23.8 Å². The van der Waals surface area contributed by atoms with Gasteiger partial charge in [0, 0.05) is 12.8 Å². The Hall–Kier alpha value is -0.660. The number of nitrogens with zero attached hydrogens (tertiary/aromatic N) is 1. The van der Waals surface area contributed by atoms with Crippen LogP contribution >= 0.6 is 0 Å². The Morgan fingerprint density at radius 1 is 1.06 bits per heavy atom. The van der Waals surface area contributed by atoms with Crippen molar-refractivity contribution in [1.29, 1.82) is 0 Å². The van der Waals surface area contributed by atoms with Gasteiger partial charge >= 0.3 is 0 Å². The van der Waals surface area contributed by atoms with E-state index >= 15 is 0 Å². The minimum Gasteiger partial charge on any atom is -1.00 e. The van der Waals surface area contributed by atoms with Gasteiger partial charge in [0.05, 0.1) is 6.54 Å². The molecule has 2 aliphatic heterocycles. The molecule has 2 saturated heterocycles. The van der Waals surface area contributed by atoms with Crippen LogP contribution in [0.5, 0.6) is 0 Å². The molecule has 0 spiro atoms. The van der Waals surface area contributed by atoms with Crippen molar-refractivity contribution in [2.45, 2.75) is 25.7 Å². The Morgan fingerprint density at radius 3 is 2.24 bits per heavy atom. The summed E-state index contributed by atoms with van der Waals surface area (Å²) in [7, 11) is 0.490. The first-order valence-corrected chi connectivity index (χ1v) is 7.43. The van der Waals surface area contributed by atoms with Crippen LogP contribution in [-0.2, 0) is 20.5 Å². The molecule has 0 aromatic carbocycles. The van der Waals surface area contributed by atoms with Crippen LogP contribution in [0.2, 0.25) is 0 Å². The Morgan fingerprint density at radius 2 is 1.65 bits per heavy atom. The summed E-state index contributed by atoms with van der Waals surface area (Å²) in [4.78, 5) is 23.8. The van der Waals surface area contributed by atoms with Crippen LogP contribution < -0.4 is 12.4 Å². The van der Waals surface area contributed by atoms with Crippen LogP contribution in [0, 0.1) is 11.8 Å². The average molecular weight is 274 g/mol. The Bertz CT molecular complexity index is 339. The summed E-state index contributed by atoms with van der Waals surface area (Å²) < 4.78 is 0. The van der Waals surface area contributed by atoms with Crippen molar-refractivity contribution in [2.24, 2.45) is 0 Å². The second-order valence-electron chi connectivity index (χ2n) is 4.10. The highest BCUT2D eigenvalue weighted by molar-refractivity contribution is 7.97. The van der Waals surface area contributed by atoms with Crippen molar-refractivity contribution < 1.29 is 22.0 Å². The Kier molecular flexibility index (Phi) is 5.87. The second kappa shape index (κ2) is 6.93. The zero-order chi connectivity index (χ0) is 11.4. The average Bonchev–Trinajstić information content (AvgIpc) is 2.87. The summed E-state index contributed by atoms with van der Waals surface area (Å²) in [6, 6.07) is 0. The molecule has 3 nitrogen and oxygen atoms in total. The first kappa shape index (κ1) is 14.4. The normalized spacial score (nSPS) is 20.1. The van der Waals surface area contributed by atoms with E-state index in [2.05, 4.69) is 11.8 Å². The fourth-order valence-electron chi connectivity index (χ4n) is 1.95. The van der Waals surface area contributed by atoms with Gasteiger partial charge in [-0.25, -0.2) is 0 Å². The maximum Gasteiger partial charge on any atom is 0.230 e. The molecule has 2 rings (SSSR count). The minimum atomic E-state index is -0.0670. The molecule has 0 N–H and O–H groups in total. The summed E-state index contributed by atoms with van der Waals surface area (Å²) >= 11 is 0. The number of rotatable bonds is 2. The van der Waals surface area contributed by atoms with Crippen LogP contribution in [0.4, 0.5) is 0 Å². The van der Waals surface area contributed by atoms with E-state index in [0.717, 1.165) is 5.75 Å². The number of carbonyl (C=O) groups is 2. The van der Waals surface area contributed by atoms with E-state index in [1.165, 1.54) is 29.2 Å². The van der Waals surface area contributed by atoms with E-state index in [9.17, 15) is 9.59 Å². The predicted molar refractivity (Wildman–Crippen MR) is 64.9 cm³/mol. The maximum absolute atomic E-state index is 11.3. The van der Waals surface area contributed by atoms with E-state index in [1.54, 1.807) is 0 Å². The van der Waals surface area contributed by atoms with Crippen LogP contribution in [0.1, 0.15) is 25.7 Å². The molecule has 5 heteroatoms. The number of likely N-dealkylation sites (tertiary alicyclic amines) is 1. The van der Waals surface area contributed by atoms with Gasteiger partial charge in [0.15, 0.2) is 5.75 Å². The van der Waals surface area contributed by atoms with E-state index in [4.69, 9.17) is 0 Å². The molecule has 2 fully saturated rings. The summed E-state index contributed by atoms with van der Waals surface area (Å²) in [5.74, 6) is 9.52. The fraction of sp³-hybridized carbons (Fsp3) is 0.667. The molecule has 2 heterocycles. The quantitative estimate of drug-likeness (QED) is 0.318. The molecule has 0 bridgehead atoms. The van der Waals surface area contributed by atoms with Crippen LogP contribution in [0.3, 0.4) is 0 Å². The molecule has 17 heavy (non-hydrogen) atoms. The molecule has 0 radical (unpaired) electrons. The highest BCUT2D eigenvalue weighted by Gasteiger charge is 2.27. The molecule has 2 amide bonds. The van der Waals surface area contributed by atoms with Gasteiger partial charge in [-0.3, -0.25) is 14.5 Å². The fourth-order valence-corrected chi connectivity index (χ4v) is 3.97. The van der Waals surface area contributed by atoms with Gasteiger partial charge in [-0.05, 0) is 29.7 Å². The zero-order valence-electron chi connectivity index (χ0n) is 9.71. The van der Waals surface area contributed by atoms with Crippen LogP contribution in [0.25, 0.3) is 0 Å². The molecule has 0 unspecified atom stereocenters. The molecule has 0 aromatic heterocycles. The predicted octanol–water partition coefficient (Wildman–Crippen LogP) is -2.45. The molecule has 0 saturated carbocycles. The summed E-state index contributed by atoms with van der Waals surface area (Å²) in [6.45, 7) is 0.300. The van der Waals surface area contributed by atoms with E-state index in [1.807, 2.05) is 0 Å². The molecule has 94 valence electrons. The van der Waals surface area contributed by atoms with Crippen molar-refractivity contribution in [3.63, 3.8) is 0 Å². The molecular formula is C12H16ClNO2S. The molecule has 0 aromatic rings. The lowest BCUT2D eigenvalue weighted by molar-refractivity contribution is -0.137. The number of imide groups is 1. The summed E-state index contributed by atoms with van der Waals surface area (Å²) in [5, 5.41) is 0. The number of halogens is 1. The lowest BCUT2D eigenvalue weighted by atomic mass is 10.4. The highest BCUT2D eigenvalue weighted by Crippen LogP contribution is 2.13. The maximum atomic E-state index is 11.3. The zero-order valence-corrected chi connectivity index (χ0v) is 11.3. The smallest absolute Gasteiger partial charge is 0.230 e. The highest BCUT2D eigenvalue weighted by atomic mass is 35.5. The number of hydrogen-bond acceptors (Lipinski definition) is 2. The minimum absolute atomic E-state index is 0. The lowest BCUT2D eigenvalue weighted by Gasteiger charge is -2.07. The third-order valence-electron chi connectivity index (χ3n) is 2.91. The standard InChI is InChI=1S/C12H16NO2S.ClH/c14-11-5-6-12(15)13(11)7-1-2-8-16-9-3-4-10-16;/h3-10H2;1H/q+1;/p-1. The topological polar surface area (TPSA) is 37.4 Å². The first-order valence-electron chi connectivity index (χ1n) is 5.70. The molecule has 0 atom stereocenters. The van der Waals surface area contributed by atoms with Crippen molar-refractivity contribution in [1.82, 2.24) is 4.90 Å². The third-order valence-corrected chi connectivity index (χ3v) is 5.19. The Labute approximate surface area is 111 Å². The van der Waals surface area contributed by atoms with Gasteiger partial charge in [0.25, 0.3) is 0 Å². The van der Waals surface area contributed by atoms with Gasteiger partial charge in [-0.15, -0.1) is 0 Å². The largest absolute Gasteiger partial charge is 1.00 e. The van der Waals surface area contributed by atoms with E-state index in [0.29, 0.717) is 30.3 Å². The second-order valence-corrected chi connectivity index (χ2v) is 6.43. The SMILES string of the molecule is O=C1CCC(=O)N1CC#CC[S+]1CCCC1.[Cl-]. The van der Waals surface area contributed by atoms with Crippen molar-refractivity contribution in [3.8, 4) is 11.8 Å². The van der Waals surface area contributed by atoms with Gasteiger partial charge < -0.3 is 12.4 Å². The van der Waals surface area contributed by atoms with Gasteiger partial charge in [-0.2, -0.15) is 0 Å². The summed E-state index contributed by atoms with van der Waals surface area (Å²) in [6.07, 6.45) is 3.41. The van der Waals surface area contributed by atoms with Gasteiger partial charge in [0.2, 0.25) is 11.8 Å². The molecule has 0 aliphatic carbocycles. The lowest BCUT2D eigenvalue weighted by Crippen LogP contribution is -3.00. The van der Waals surface area contributed by atoms with Gasteiger partial charge in [-0.1, -0.05) is 5.92 Å². The van der Waals surface area contributed by atoms with Crippen LogP contribution in [-0.4, -0.2) is 40.5 Å². The molecule has 2 aliphatic rings. The number of hydrogen-bond donors (Lipinski definition) is 0. The van der Waals surface area contributed by atoms with Crippen LogP contribution in [0.15, 0.2) is 0 Å². The first-order chi connectivity index (χ1) is 7.77. The number of amides is 2. The van der Waals surface area contributed by atoms with E-state index < -0.39 is 0 Å².